The molecule has 2 heterocycles. The number of amides is 3. The lowest BCUT2D eigenvalue weighted by atomic mass is 10.1. The summed E-state index contributed by atoms with van der Waals surface area (Å²) in [5.74, 6) is -0.710. The minimum Gasteiger partial charge on any atom is -0.374 e. The summed E-state index contributed by atoms with van der Waals surface area (Å²) in [6, 6.07) is 16.3. The van der Waals surface area contributed by atoms with Gasteiger partial charge in [-0.1, -0.05) is 42.5 Å². The van der Waals surface area contributed by atoms with Crippen LogP contribution < -0.4 is 0 Å². The third-order valence-corrected chi connectivity index (χ3v) is 6.04. The monoisotopic (exact) mass is 436 g/mol. The Morgan fingerprint density at radius 2 is 1.59 bits per heavy atom. The molecule has 2 atom stereocenters. The Hall–Kier alpha value is -3.03. The van der Waals surface area contributed by atoms with Crippen molar-refractivity contribution in [1.82, 2.24) is 9.80 Å². The van der Waals surface area contributed by atoms with Crippen LogP contribution in [0.2, 0.25) is 0 Å². The lowest BCUT2D eigenvalue weighted by Gasteiger charge is -2.33. The van der Waals surface area contributed by atoms with Crippen molar-refractivity contribution in [3.8, 4) is 0 Å². The first-order valence-electron chi connectivity index (χ1n) is 10.8. The number of hydrogen-bond acceptors (Lipinski definition) is 5. The van der Waals surface area contributed by atoms with E-state index in [1.807, 2.05) is 44.2 Å². The molecule has 7 heteroatoms. The Balaban J connectivity index is 1.46. The average molecular weight is 437 g/mol. The molecule has 168 valence electrons. The second-order valence-corrected chi connectivity index (χ2v) is 8.66. The highest BCUT2D eigenvalue weighted by molar-refractivity contribution is 6.21. The number of nitrogens with zero attached hydrogens (tertiary/aromatic N) is 2. The maximum absolute atomic E-state index is 12.7. The largest absolute Gasteiger partial charge is 0.374 e. The molecule has 7 nitrogen and oxygen atoms in total. The maximum Gasteiger partial charge on any atom is 0.261 e. The normalized spacial score (nSPS) is 21.8. The van der Waals surface area contributed by atoms with Crippen molar-refractivity contribution < 1.29 is 23.9 Å². The van der Waals surface area contributed by atoms with Crippen molar-refractivity contribution in [2.75, 3.05) is 13.2 Å². The zero-order chi connectivity index (χ0) is 22.9. The Bertz CT molecular complexity index is 985. The lowest BCUT2D eigenvalue weighted by Crippen LogP contribution is -2.49. The van der Waals surface area contributed by atoms with Gasteiger partial charge in [-0.05, 0) is 38.0 Å². The van der Waals surface area contributed by atoms with E-state index in [1.165, 1.54) is 11.8 Å². The Labute approximate surface area is 187 Å². The van der Waals surface area contributed by atoms with Gasteiger partial charge in [-0.2, -0.15) is 0 Å². The van der Waals surface area contributed by atoms with E-state index in [0.717, 1.165) is 5.56 Å². The van der Waals surface area contributed by atoms with Gasteiger partial charge in [-0.3, -0.25) is 19.3 Å². The molecule has 0 bridgehead atoms. The predicted molar refractivity (Wildman–Crippen MR) is 118 cm³/mol. The Morgan fingerprint density at radius 1 is 1.00 bits per heavy atom. The van der Waals surface area contributed by atoms with Crippen molar-refractivity contribution in [3.05, 3.63) is 71.3 Å². The first kappa shape index (κ1) is 22.2. The fraction of sp³-hybridized carbons (Fsp3) is 0.400. The van der Waals surface area contributed by atoms with Crippen LogP contribution in [0.5, 0.6) is 0 Å². The minimum absolute atomic E-state index is 0.118. The van der Waals surface area contributed by atoms with E-state index in [1.54, 1.807) is 29.2 Å². The van der Waals surface area contributed by atoms with Gasteiger partial charge in [0.15, 0.2) is 0 Å². The molecule has 3 amide bonds. The average Bonchev–Trinajstić information content (AvgIpc) is 3.17. The third-order valence-electron chi connectivity index (χ3n) is 6.04. The van der Waals surface area contributed by atoms with Crippen LogP contribution in [0, 0.1) is 0 Å². The second kappa shape index (κ2) is 8.84. The molecule has 1 saturated heterocycles. The highest BCUT2D eigenvalue weighted by atomic mass is 16.6. The molecule has 2 aromatic rings. The summed E-state index contributed by atoms with van der Waals surface area (Å²) in [5.41, 5.74) is 1.09. The van der Waals surface area contributed by atoms with Gasteiger partial charge in [0.1, 0.15) is 11.8 Å². The summed E-state index contributed by atoms with van der Waals surface area (Å²) in [6.45, 7) is 6.14. The van der Waals surface area contributed by atoms with Gasteiger partial charge in [-0.25, -0.2) is 0 Å². The molecule has 0 saturated carbocycles. The molecule has 0 aliphatic carbocycles. The highest BCUT2D eigenvalue weighted by Gasteiger charge is 2.49. The fourth-order valence-electron chi connectivity index (χ4n) is 4.71. The summed E-state index contributed by atoms with van der Waals surface area (Å²) in [7, 11) is 0. The van der Waals surface area contributed by atoms with Crippen LogP contribution in [-0.4, -0.2) is 58.5 Å². The molecule has 2 aliphatic rings. The number of carbonyl (C=O) groups excluding carboxylic acids is 3. The molecule has 0 unspecified atom stereocenters. The molecule has 2 aromatic carbocycles. The lowest BCUT2D eigenvalue weighted by molar-refractivity contribution is -0.146. The number of imide groups is 1. The smallest absolute Gasteiger partial charge is 0.261 e. The summed E-state index contributed by atoms with van der Waals surface area (Å²) in [5, 5.41) is 0. The molecule has 0 N–H and O–H groups in total. The fourth-order valence-corrected chi connectivity index (χ4v) is 4.71. The SMILES string of the molecule is CC(=O)N1[C@H](CCN2C(=O)c3ccccc3C2=O)[C@H](COCc2ccccc2)OC1(C)C. The zero-order valence-electron chi connectivity index (χ0n) is 18.6. The number of fused-ring (bicyclic) bond motifs is 1. The highest BCUT2D eigenvalue weighted by Crippen LogP contribution is 2.35. The van der Waals surface area contributed by atoms with Crippen LogP contribution in [0.25, 0.3) is 0 Å². The standard InChI is InChI=1S/C25H28N2O5/c1-17(28)27-21(13-14-26-23(29)19-11-7-8-12-20(19)24(26)30)22(32-25(27,2)3)16-31-15-18-9-5-4-6-10-18/h4-12,21-22H,13-16H2,1-3H3/t21-,22+/m1/s1. The van der Waals surface area contributed by atoms with Gasteiger partial charge in [0.2, 0.25) is 5.91 Å². The molecular formula is C25H28N2O5. The van der Waals surface area contributed by atoms with E-state index >= 15 is 0 Å². The molecule has 1 fully saturated rings. The van der Waals surface area contributed by atoms with Gasteiger partial charge < -0.3 is 14.4 Å². The minimum atomic E-state index is -0.806. The van der Waals surface area contributed by atoms with Crippen LogP contribution in [0.1, 0.15) is 53.5 Å². The van der Waals surface area contributed by atoms with Gasteiger partial charge in [0.25, 0.3) is 11.8 Å². The van der Waals surface area contributed by atoms with Crippen molar-refractivity contribution >= 4 is 17.7 Å². The number of ether oxygens (including phenoxy) is 2. The van der Waals surface area contributed by atoms with Gasteiger partial charge in [0, 0.05) is 13.5 Å². The Morgan fingerprint density at radius 3 is 2.19 bits per heavy atom. The van der Waals surface area contributed by atoms with Crippen molar-refractivity contribution in [2.45, 2.75) is 51.7 Å². The van der Waals surface area contributed by atoms with Gasteiger partial charge >= 0.3 is 0 Å². The quantitative estimate of drug-likeness (QED) is 0.623. The second-order valence-electron chi connectivity index (χ2n) is 8.66. The first-order chi connectivity index (χ1) is 15.3. The van der Waals surface area contributed by atoms with Crippen molar-refractivity contribution in [2.24, 2.45) is 0 Å². The summed E-state index contributed by atoms with van der Waals surface area (Å²) >= 11 is 0. The molecule has 4 rings (SSSR count). The zero-order valence-corrected chi connectivity index (χ0v) is 18.6. The molecular weight excluding hydrogens is 408 g/mol. The van der Waals surface area contributed by atoms with Gasteiger partial charge in [0.05, 0.1) is 30.4 Å². The van der Waals surface area contributed by atoms with Crippen molar-refractivity contribution in [1.29, 1.82) is 0 Å². The number of carbonyl (C=O) groups is 3. The molecule has 0 radical (unpaired) electrons. The molecule has 32 heavy (non-hydrogen) atoms. The molecule has 2 aliphatic heterocycles. The predicted octanol–water partition coefficient (Wildman–Crippen LogP) is 3.24. The number of hydrogen-bond donors (Lipinski definition) is 0. The number of benzene rings is 2. The van der Waals surface area contributed by atoms with Crippen LogP contribution >= 0.6 is 0 Å². The van der Waals surface area contributed by atoms with E-state index in [2.05, 4.69) is 0 Å². The van der Waals surface area contributed by atoms with Crippen LogP contribution in [-0.2, 0) is 20.9 Å². The summed E-state index contributed by atoms with van der Waals surface area (Å²) < 4.78 is 12.1. The van der Waals surface area contributed by atoms with Crippen LogP contribution in [0.4, 0.5) is 0 Å². The van der Waals surface area contributed by atoms with E-state index in [4.69, 9.17) is 9.47 Å². The van der Waals surface area contributed by atoms with Crippen LogP contribution in [0.15, 0.2) is 54.6 Å². The summed E-state index contributed by atoms with van der Waals surface area (Å²) in [6.07, 6.45) is 0.0428. The van der Waals surface area contributed by atoms with Crippen molar-refractivity contribution in [3.63, 3.8) is 0 Å². The van der Waals surface area contributed by atoms with Gasteiger partial charge in [-0.15, -0.1) is 0 Å². The number of rotatable bonds is 7. The topological polar surface area (TPSA) is 76.2 Å². The first-order valence-corrected chi connectivity index (χ1v) is 10.8. The molecule has 0 spiro atoms. The van der Waals surface area contributed by atoms with E-state index in [0.29, 0.717) is 30.8 Å². The van der Waals surface area contributed by atoms with E-state index in [-0.39, 0.29) is 36.4 Å². The third kappa shape index (κ3) is 4.18. The van der Waals surface area contributed by atoms with E-state index < -0.39 is 5.72 Å². The van der Waals surface area contributed by atoms with Crippen LogP contribution in [0.3, 0.4) is 0 Å². The Kier molecular flexibility index (Phi) is 6.13. The maximum atomic E-state index is 12.7. The van der Waals surface area contributed by atoms with E-state index in [9.17, 15) is 14.4 Å². The summed E-state index contributed by atoms with van der Waals surface area (Å²) in [4.78, 5) is 40.9. The molecule has 0 aromatic heterocycles.